The fraction of sp³-hybridized carbons (Fsp3) is 0.312. The lowest BCUT2D eigenvalue weighted by Crippen LogP contribution is -2.48. The SMILES string of the molecule is O=C1NC(=O)C(=Cc2ccc(-c3cc(C45CC6CC(CC(C6)C4)C5)c4oc(-c5ccccc5)nc4c3)nc2)S1. The topological polar surface area (TPSA) is 85.1 Å². The van der Waals surface area contributed by atoms with E-state index < -0.39 is 0 Å². The highest BCUT2D eigenvalue weighted by Crippen LogP contribution is 2.61. The first-order valence-corrected chi connectivity index (χ1v) is 14.5. The minimum Gasteiger partial charge on any atom is -0.436 e. The summed E-state index contributed by atoms with van der Waals surface area (Å²) in [6, 6.07) is 18.4. The molecule has 0 atom stereocenters. The van der Waals surface area contributed by atoms with Gasteiger partial charge in [-0.15, -0.1) is 0 Å². The van der Waals surface area contributed by atoms with E-state index in [-0.39, 0.29) is 16.6 Å². The summed E-state index contributed by atoms with van der Waals surface area (Å²) in [5, 5.41) is 1.95. The molecule has 2 amide bonds. The van der Waals surface area contributed by atoms with Gasteiger partial charge in [-0.05, 0) is 115 Å². The molecule has 4 aromatic rings. The molecule has 194 valence electrons. The van der Waals surface area contributed by atoms with Crippen LogP contribution in [0.4, 0.5) is 4.79 Å². The van der Waals surface area contributed by atoms with Gasteiger partial charge < -0.3 is 4.42 Å². The summed E-state index contributed by atoms with van der Waals surface area (Å²) in [5.41, 5.74) is 6.89. The molecule has 0 radical (unpaired) electrons. The predicted octanol–water partition coefficient (Wildman–Crippen LogP) is 7.35. The fourth-order valence-electron chi connectivity index (χ4n) is 7.95. The lowest BCUT2D eigenvalue weighted by molar-refractivity contribution is -0.115. The second kappa shape index (κ2) is 8.65. The van der Waals surface area contributed by atoms with E-state index in [1.165, 1.54) is 44.1 Å². The lowest BCUT2D eigenvalue weighted by Gasteiger charge is -2.57. The van der Waals surface area contributed by atoms with Crippen molar-refractivity contribution in [3.05, 3.63) is 76.8 Å². The van der Waals surface area contributed by atoms with Crippen LogP contribution in [0.15, 0.2) is 70.1 Å². The standard InChI is InChI=1S/C32H27N3O3S/c36-29-27(39-31(37)35-29)11-18-6-7-25(33-17-18)23-12-24(32-14-19-8-20(15-32)10-21(9-19)16-32)28-26(13-23)34-30(38-28)22-4-2-1-3-5-22/h1-7,11-13,17,19-21H,8-10,14-16H2,(H,35,36,37). The molecule has 1 aliphatic heterocycles. The van der Waals surface area contributed by atoms with Crippen LogP contribution in [0, 0.1) is 17.8 Å². The second-order valence-corrected chi connectivity index (χ2v) is 12.8. The zero-order valence-electron chi connectivity index (χ0n) is 21.4. The summed E-state index contributed by atoms with van der Waals surface area (Å²) in [6.45, 7) is 0. The van der Waals surface area contributed by atoms with Crippen molar-refractivity contribution >= 4 is 40.1 Å². The summed E-state index contributed by atoms with van der Waals surface area (Å²) < 4.78 is 6.57. The largest absolute Gasteiger partial charge is 0.436 e. The number of amides is 2. The average Bonchev–Trinajstić information content (AvgIpc) is 3.50. The third-order valence-electron chi connectivity index (χ3n) is 9.14. The van der Waals surface area contributed by atoms with Crippen molar-refractivity contribution in [3.63, 3.8) is 0 Å². The Bertz CT molecular complexity index is 1640. The third-order valence-corrected chi connectivity index (χ3v) is 9.95. The first-order valence-electron chi connectivity index (χ1n) is 13.7. The van der Waals surface area contributed by atoms with E-state index in [4.69, 9.17) is 14.4 Å². The fourth-order valence-corrected chi connectivity index (χ4v) is 8.64. The summed E-state index contributed by atoms with van der Waals surface area (Å²) in [5.74, 6) is 2.74. The van der Waals surface area contributed by atoms with Gasteiger partial charge >= 0.3 is 0 Å². The Kier molecular flexibility index (Phi) is 5.14. The number of carbonyl (C=O) groups is 2. The van der Waals surface area contributed by atoms with E-state index in [0.717, 1.165) is 63.0 Å². The maximum Gasteiger partial charge on any atom is 0.290 e. The highest BCUT2D eigenvalue weighted by Gasteiger charge is 2.52. The van der Waals surface area contributed by atoms with Crippen LogP contribution in [-0.4, -0.2) is 21.1 Å². The van der Waals surface area contributed by atoms with E-state index in [1.54, 1.807) is 12.3 Å². The number of imide groups is 1. The quantitative estimate of drug-likeness (QED) is 0.276. The molecule has 2 aromatic carbocycles. The molecule has 3 heterocycles. The molecule has 1 saturated heterocycles. The van der Waals surface area contributed by atoms with Crippen molar-refractivity contribution in [1.82, 2.24) is 15.3 Å². The van der Waals surface area contributed by atoms with Crippen LogP contribution in [0.3, 0.4) is 0 Å². The van der Waals surface area contributed by atoms with E-state index in [0.29, 0.717) is 10.8 Å². The summed E-state index contributed by atoms with van der Waals surface area (Å²) in [6.07, 6.45) is 11.3. The van der Waals surface area contributed by atoms with E-state index in [2.05, 4.69) is 17.4 Å². The van der Waals surface area contributed by atoms with Gasteiger partial charge in [0.1, 0.15) is 5.52 Å². The molecule has 2 aromatic heterocycles. The first kappa shape index (κ1) is 23.2. The molecule has 9 rings (SSSR count). The zero-order valence-corrected chi connectivity index (χ0v) is 22.2. The van der Waals surface area contributed by atoms with Crippen LogP contribution in [0.1, 0.15) is 49.7 Å². The highest BCUT2D eigenvalue weighted by molar-refractivity contribution is 8.18. The molecule has 6 nitrogen and oxygen atoms in total. The first-order chi connectivity index (χ1) is 19.0. The number of fused-ring (bicyclic) bond motifs is 1. The van der Waals surface area contributed by atoms with Crippen molar-refractivity contribution in [1.29, 1.82) is 0 Å². The number of nitrogens with zero attached hydrogens (tertiary/aromatic N) is 2. The number of nitrogens with one attached hydrogen (secondary N) is 1. The van der Waals surface area contributed by atoms with Crippen LogP contribution in [0.25, 0.3) is 39.9 Å². The van der Waals surface area contributed by atoms with Gasteiger partial charge in [0.2, 0.25) is 5.89 Å². The Morgan fingerprint density at radius 3 is 2.31 bits per heavy atom. The molecule has 0 unspecified atom stereocenters. The number of benzene rings is 2. The minimum atomic E-state index is -0.361. The molecule has 7 heteroatoms. The minimum absolute atomic E-state index is 0.139. The predicted molar refractivity (Wildman–Crippen MR) is 152 cm³/mol. The van der Waals surface area contributed by atoms with Gasteiger partial charge in [-0.2, -0.15) is 0 Å². The van der Waals surface area contributed by atoms with Crippen molar-refractivity contribution in [3.8, 4) is 22.7 Å². The molecule has 1 N–H and O–H groups in total. The van der Waals surface area contributed by atoms with Crippen LogP contribution in [0.2, 0.25) is 0 Å². The lowest BCUT2D eigenvalue weighted by atomic mass is 9.48. The van der Waals surface area contributed by atoms with Gasteiger partial charge in [0, 0.05) is 22.9 Å². The summed E-state index contributed by atoms with van der Waals surface area (Å²) in [4.78, 5) is 33.6. The Morgan fingerprint density at radius 1 is 0.923 bits per heavy atom. The highest BCUT2D eigenvalue weighted by atomic mass is 32.2. The van der Waals surface area contributed by atoms with E-state index in [1.807, 2.05) is 42.5 Å². The smallest absolute Gasteiger partial charge is 0.290 e. The Balaban J connectivity index is 1.24. The number of pyridine rings is 1. The third kappa shape index (κ3) is 3.94. The van der Waals surface area contributed by atoms with Crippen molar-refractivity contribution < 1.29 is 14.0 Å². The Morgan fingerprint density at radius 2 is 1.67 bits per heavy atom. The van der Waals surface area contributed by atoms with Gasteiger partial charge in [-0.1, -0.05) is 24.3 Å². The monoisotopic (exact) mass is 533 g/mol. The van der Waals surface area contributed by atoms with Crippen LogP contribution >= 0.6 is 11.8 Å². The molecule has 5 aliphatic rings. The second-order valence-electron chi connectivity index (χ2n) is 11.8. The van der Waals surface area contributed by atoms with Gasteiger partial charge in [0.05, 0.1) is 10.6 Å². The van der Waals surface area contributed by atoms with E-state index in [9.17, 15) is 9.59 Å². The van der Waals surface area contributed by atoms with Crippen LogP contribution in [-0.2, 0) is 10.2 Å². The Hall–Kier alpha value is -3.71. The van der Waals surface area contributed by atoms with Crippen molar-refractivity contribution in [2.24, 2.45) is 17.8 Å². The van der Waals surface area contributed by atoms with Gasteiger partial charge in [0.15, 0.2) is 5.58 Å². The van der Waals surface area contributed by atoms with Gasteiger partial charge in [-0.3, -0.25) is 19.9 Å². The average molecular weight is 534 g/mol. The molecule has 4 saturated carbocycles. The summed E-state index contributed by atoms with van der Waals surface area (Å²) in [7, 11) is 0. The molecule has 0 spiro atoms. The number of rotatable bonds is 4. The number of thioether (sulfide) groups is 1. The summed E-state index contributed by atoms with van der Waals surface area (Å²) >= 11 is 0.915. The zero-order chi connectivity index (χ0) is 26.1. The molecular weight excluding hydrogens is 506 g/mol. The number of carbonyl (C=O) groups excluding carboxylic acids is 2. The number of aromatic nitrogens is 2. The number of oxazole rings is 1. The number of hydrogen-bond acceptors (Lipinski definition) is 6. The van der Waals surface area contributed by atoms with Crippen molar-refractivity contribution in [2.45, 2.75) is 43.9 Å². The van der Waals surface area contributed by atoms with Crippen LogP contribution in [0.5, 0.6) is 0 Å². The van der Waals surface area contributed by atoms with Crippen molar-refractivity contribution in [2.75, 3.05) is 0 Å². The Labute approximate surface area is 230 Å². The maximum atomic E-state index is 11.9. The molecule has 4 bridgehead atoms. The molecular formula is C32H27N3O3S. The molecule has 5 fully saturated rings. The van der Waals surface area contributed by atoms with E-state index >= 15 is 0 Å². The maximum absolute atomic E-state index is 11.9. The van der Waals surface area contributed by atoms with Crippen LogP contribution < -0.4 is 5.32 Å². The van der Waals surface area contributed by atoms with Gasteiger partial charge in [0.25, 0.3) is 11.1 Å². The normalized spacial score (nSPS) is 28.5. The molecule has 39 heavy (non-hydrogen) atoms. The molecule has 4 aliphatic carbocycles. The van der Waals surface area contributed by atoms with Gasteiger partial charge in [-0.25, -0.2) is 4.98 Å². The number of hydrogen-bond donors (Lipinski definition) is 1.